The number of hydrogen-bond donors (Lipinski definition) is 0. The fourth-order valence-corrected chi connectivity index (χ4v) is 5.39. The van der Waals surface area contributed by atoms with Gasteiger partial charge < -0.3 is 4.57 Å². The largest absolute Gasteiger partial charge is 0.309 e. The van der Waals surface area contributed by atoms with Crippen molar-refractivity contribution in [1.29, 1.82) is 0 Å². The lowest BCUT2D eigenvalue weighted by Crippen LogP contribution is -1.96. The van der Waals surface area contributed by atoms with Crippen LogP contribution in [0.25, 0.3) is 60.9 Å². The zero-order chi connectivity index (χ0) is 24.6. The van der Waals surface area contributed by atoms with Crippen molar-refractivity contribution in [3.63, 3.8) is 0 Å². The fraction of sp³-hybridized carbons (Fsp3) is 0. The molecule has 0 aliphatic rings. The van der Waals surface area contributed by atoms with Gasteiger partial charge >= 0.3 is 0 Å². The number of para-hydroxylation sites is 2. The van der Waals surface area contributed by atoms with Crippen LogP contribution in [-0.4, -0.2) is 4.57 Å². The van der Waals surface area contributed by atoms with Gasteiger partial charge in [-0.3, -0.25) is 0 Å². The van der Waals surface area contributed by atoms with Crippen molar-refractivity contribution in [3.05, 3.63) is 152 Å². The summed E-state index contributed by atoms with van der Waals surface area (Å²) in [4.78, 5) is 0. The molecule has 0 N–H and O–H groups in total. The van der Waals surface area contributed by atoms with Gasteiger partial charge in [0, 0.05) is 16.5 Å². The van der Waals surface area contributed by atoms with E-state index in [9.17, 15) is 0 Å². The van der Waals surface area contributed by atoms with E-state index in [0.717, 1.165) is 0 Å². The average Bonchev–Trinajstić information content (AvgIpc) is 3.32. The molecule has 7 rings (SSSR count). The molecule has 1 nitrogen and oxygen atoms in total. The highest BCUT2D eigenvalue weighted by atomic mass is 15.0. The number of nitrogens with zero attached hydrogens (tertiary/aromatic N) is 1. The van der Waals surface area contributed by atoms with Gasteiger partial charge in [-0.05, 0) is 63.7 Å². The van der Waals surface area contributed by atoms with E-state index < -0.39 is 0 Å². The van der Waals surface area contributed by atoms with E-state index in [0.29, 0.717) is 0 Å². The molecule has 6 aromatic carbocycles. The van der Waals surface area contributed by atoms with Crippen LogP contribution < -0.4 is 0 Å². The molecule has 1 heterocycles. The second-order valence-electron chi connectivity index (χ2n) is 9.45. The topological polar surface area (TPSA) is 4.93 Å². The quantitative estimate of drug-likeness (QED) is 0.241. The highest BCUT2D eigenvalue weighted by Gasteiger charge is 2.14. The van der Waals surface area contributed by atoms with E-state index in [1.54, 1.807) is 0 Å². The Morgan fingerprint density at radius 1 is 0.297 bits per heavy atom. The zero-order valence-corrected chi connectivity index (χ0v) is 20.4. The molecule has 0 aliphatic carbocycles. The Labute approximate surface area is 216 Å². The molecule has 0 unspecified atom stereocenters. The first kappa shape index (κ1) is 21.4. The summed E-state index contributed by atoms with van der Waals surface area (Å²) in [6.07, 6.45) is 0. The maximum Gasteiger partial charge on any atom is 0.0541 e. The van der Waals surface area contributed by atoms with Crippen LogP contribution in [0.1, 0.15) is 0 Å². The molecule has 0 bridgehead atoms. The predicted molar refractivity (Wildman–Crippen MR) is 157 cm³/mol. The van der Waals surface area contributed by atoms with Crippen molar-refractivity contribution in [2.45, 2.75) is 0 Å². The third-order valence-corrected chi connectivity index (χ3v) is 7.19. The summed E-state index contributed by atoms with van der Waals surface area (Å²) >= 11 is 0. The SMILES string of the molecule is c1ccc(-c2ccc(-c3cc(-c4ccccc4)cc(-n4c5ccccc5c5ccccc54)c3)cc2)cc1. The van der Waals surface area contributed by atoms with Crippen LogP contribution in [-0.2, 0) is 0 Å². The summed E-state index contributed by atoms with van der Waals surface area (Å²) in [5, 5.41) is 2.55. The van der Waals surface area contributed by atoms with Crippen molar-refractivity contribution in [1.82, 2.24) is 4.57 Å². The molecular weight excluding hydrogens is 446 g/mol. The van der Waals surface area contributed by atoms with Gasteiger partial charge in [0.15, 0.2) is 0 Å². The molecule has 174 valence electrons. The molecule has 0 amide bonds. The molecule has 0 spiro atoms. The monoisotopic (exact) mass is 471 g/mol. The van der Waals surface area contributed by atoms with Gasteiger partial charge in [0.05, 0.1) is 11.0 Å². The Morgan fingerprint density at radius 3 is 1.19 bits per heavy atom. The smallest absolute Gasteiger partial charge is 0.0541 e. The van der Waals surface area contributed by atoms with Crippen molar-refractivity contribution < 1.29 is 0 Å². The van der Waals surface area contributed by atoms with Crippen molar-refractivity contribution >= 4 is 21.8 Å². The summed E-state index contributed by atoms with van der Waals surface area (Å²) in [7, 11) is 0. The van der Waals surface area contributed by atoms with Gasteiger partial charge in [-0.1, -0.05) is 121 Å². The third kappa shape index (κ3) is 3.82. The highest BCUT2D eigenvalue weighted by Crippen LogP contribution is 2.36. The van der Waals surface area contributed by atoms with Crippen molar-refractivity contribution in [2.75, 3.05) is 0 Å². The van der Waals surface area contributed by atoms with E-state index >= 15 is 0 Å². The van der Waals surface area contributed by atoms with Gasteiger partial charge in [-0.2, -0.15) is 0 Å². The first-order valence-electron chi connectivity index (χ1n) is 12.7. The predicted octanol–water partition coefficient (Wildman–Crippen LogP) is 9.78. The van der Waals surface area contributed by atoms with Crippen LogP contribution >= 0.6 is 0 Å². The maximum atomic E-state index is 2.40. The second-order valence-corrected chi connectivity index (χ2v) is 9.45. The van der Waals surface area contributed by atoms with E-state index in [4.69, 9.17) is 0 Å². The number of fused-ring (bicyclic) bond motifs is 3. The normalized spacial score (nSPS) is 11.2. The summed E-state index contributed by atoms with van der Waals surface area (Å²) in [5.74, 6) is 0. The van der Waals surface area contributed by atoms with E-state index in [2.05, 4.69) is 156 Å². The number of aromatic nitrogens is 1. The molecule has 0 saturated heterocycles. The highest BCUT2D eigenvalue weighted by molar-refractivity contribution is 6.09. The molecule has 0 saturated carbocycles. The van der Waals surface area contributed by atoms with Crippen LogP contribution in [0.4, 0.5) is 0 Å². The minimum absolute atomic E-state index is 1.17. The lowest BCUT2D eigenvalue weighted by Gasteiger charge is -2.14. The van der Waals surface area contributed by atoms with Gasteiger partial charge in [0.25, 0.3) is 0 Å². The lowest BCUT2D eigenvalue weighted by molar-refractivity contribution is 1.18. The Hall–Kier alpha value is -4.88. The maximum absolute atomic E-state index is 2.40. The molecule has 0 fully saturated rings. The minimum Gasteiger partial charge on any atom is -0.309 e. The Morgan fingerprint density at radius 2 is 0.676 bits per heavy atom. The molecular formula is C36H25N. The number of hydrogen-bond acceptors (Lipinski definition) is 0. The summed E-state index contributed by atoms with van der Waals surface area (Å²) in [5.41, 5.74) is 10.9. The van der Waals surface area contributed by atoms with Crippen molar-refractivity contribution in [2.24, 2.45) is 0 Å². The van der Waals surface area contributed by atoms with Gasteiger partial charge in [0.2, 0.25) is 0 Å². The summed E-state index contributed by atoms with van der Waals surface area (Å²) in [6, 6.07) is 54.5. The lowest BCUT2D eigenvalue weighted by atomic mass is 9.96. The van der Waals surface area contributed by atoms with E-state index in [1.807, 2.05) is 0 Å². The van der Waals surface area contributed by atoms with E-state index in [-0.39, 0.29) is 0 Å². The Balaban J connectivity index is 1.45. The first-order valence-corrected chi connectivity index (χ1v) is 12.7. The third-order valence-electron chi connectivity index (χ3n) is 7.19. The molecule has 0 aliphatic heterocycles. The van der Waals surface area contributed by atoms with Gasteiger partial charge in [0.1, 0.15) is 0 Å². The van der Waals surface area contributed by atoms with Gasteiger partial charge in [-0.15, -0.1) is 0 Å². The zero-order valence-electron chi connectivity index (χ0n) is 20.4. The molecule has 0 radical (unpaired) electrons. The average molecular weight is 472 g/mol. The minimum atomic E-state index is 1.17. The van der Waals surface area contributed by atoms with Crippen LogP contribution in [0.5, 0.6) is 0 Å². The first-order chi connectivity index (χ1) is 18.3. The van der Waals surface area contributed by atoms with Crippen LogP contribution in [0.2, 0.25) is 0 Å². The summed E-state index contributed by atoms with van der Waals surface area (Å²) < 4.78 is 2.40. The Kier molecular flexibility index (Phi) is 5.19. The van der Waals surface area contributed by atoms with Gasteiger partial charge in [-0.25, -0.2) is 0 Å². The molecule has 1 aromatic heterocycles. The van der Waals surface area contributed by atoms with Crippen molar-refractivity contribution in [3.8, 4) is 39.1 Å². The number of rotatable bonds is 4. The van der Waals surface area contributed by atoms with Crippen LogP contribution in [0, 0.1) is 0 Å². The molecule has 7 aromatic rings. The summed E-state index contributed by atoms with van der Waals surface area (Å²) in [6.45, 7) is 0. The standard InChI is InChI=1S/C36H25N/c1-3-11-26(12-4-1)28-19-21-29(22-20-28)31-23-30(27-13-5-2-6-14-27)24-32(25-31)37-35-17-9-7-15-33(35)34-16-8-10-18-36(34)37/h1-25H. The molecule has 1 heteroatoms. The van der Waals surface area contributed by atoms with Crippen LogP contribution in [0.3, 0.4) is 0 Å². The Bertz CT molecular complexity index is 1790. The van der Waals surface area contributed by atoms with E-state index in [1.165, 1.54) is 60.9 Å². The molecule has 37 heavy (non-hydrogen) atoms. The molecule has 0 atom stereocenters. The number of benzene rings is 6. The second kappa shape index (κ2) is 8.96. The fourth-order valence-electron chi connectivity index (χ4n) is 5.39. The van der Waals surface area contributed by atoms with Crippen LogP contribution in [0.15, 0.2) is 152 Å².